The van der Waals surface area contributed by atoms with E-state index >= 15 is 0 Å². The number of anilines is 1. The molecule has 3 rings (SSSR count). The summed E-state index contributed by atoms with van der Waals surface area (Å²) in [6.07, 6.45) is -0.669. The van der Waals surface area contributed by atoms with E-state index in [-0.39, 0.29) is 5.91 Å². The van der Waals surface area contributed by atoms with Crippen molar-refractivity contribution in [3.8, 4) is 5.75 Å². The fourth-order valence-corrected chi connectivity index (χ4v) is 2.78. The lowest BCUT2D eigenvalue weighted by atomic mass is 10.1. The van der Waals surface area contributed by atoms with Crippen LogP contribution < -0.4 is 10.1 Å². The smallest absolute Gasteiger partial charge is 0.265 e. The summed E-state index contributed by atoms with van der Waals surface area (Å²) in [4.78, 5) is 12.3. The van der Waals surface area contributed by atoms with Gasteiger partial charge in [-0.05, 0) is 48.0 Å². The lowest BCUT2D eigenvalue weighted by molar-refractivity contribution is -0.122. The summed E-state index contributed by atoms with van der Waals surface area (Å²) in [6, 6.07) is 18.6. The molecular weight excluding hydrogens is 345 g/mol. The highest BCUT2D eigenvalue weighted by Gasteiger charge is 2.16. The van der Waals surface area contributed by atoms with Gasteiger partial charge in [-0.1, -0.05) is 53.5 Å². The first kappa shape index (κ1) is 16.6. The molecule has 0 aliphatic rings. The van der Waals surface area contributed by atoms with E-state index in [9.17, 15) is 4.79 Å². The van der Waals surface area contributed by atoms with Gasteiger partial charge in [-0.2, -0.15) is 0 Å². The first-order valence-corrected chi connectivity index (χ1v) is 8.20. The van der Waals surface area contributed by atoms with Crippen molar-refractivity contribution < 1.29 is 9.53 Å². The third kappa shape index (κ3) is 3.81. The molecule has 0 saturated heterocycles. The molecule has 0 aliphatic heterocycles. The van der Waals surface area contributed by atoms with E-state index in [1.54, 1.807) is 25.1 Å². The average Bonchev–Trinajstić information content (AvgIpc) is 2.57. The molecule has 24 heavy (non-hydrogen) atoms. The Morgan fingerprint density at radius 3 is 2.50 bits per heavy atom. The predicted molar refractivity (Wildman–Crippen MR) is 99.1 cm³/mol. The van der Waals surface area contributed by atoms with Gasteiger partial charge >= 0.3 is 0 Å². The van der Waals surface area contributed by atoms with Crippen LogP contribution in [0, 0.1) is 0 Å². The van der Waals surface area contributed by atoms with Crippen LogP contribution in [0.1, 0.15) is 6.92 Å². The fraction of sp³-hybridized carbons (Fsp3) is 0.105. The number of rotatable bonds is 4. The maximum atomic E-state index is 12.3. The van der Waals surface area contributed by atoms with E-state index in [0.29, 0.717) is 21.5 Å². The molecule has 3 aromatic carbocycles. The van der Waals surface area contributed by atoms with Crippen LogP contribution in [-0.2, 0) is 4.79 Å². The molecule has 0 aliphatic carbocycles. The molecule has 1 amide bonds. The lowest BCUT2D eigenvalue weighted by Crippen LogP contribution is -2.30. The largest absolute Gasteiger partial charge is 0.481 e. The van der Waals surface area contributed by atoms with Crippen molar-refractivity contribution in [1.29, 1.82) is 0 Å². The number of ether oxygens (including phenoxy) is 1. The van der Waals surface area contributed by atoms with Gasteiger partial charge < -0.3 is 10.1 Å². The summed E-state index contributed by atoms with van der Waals surface area (Å²) < 4.78 is 5.74. The van der Waals surface area contributed by atoms with Gasteiger partial charge in [-0.15, -0.1) is 0 Å². The Labute approximate surface area is 150 Å². The first-order chi connectivity index (χ1) is 11.5. The normalized spacial score (nSPS) is 12.0. The molecule has 0 unspecified atom stereocenters. The SMILES string of the molecule is C[C@H](Oc1ccc2ccccc2c1)C(=O)Nc1ccc(Cl)cc1Cl. The summed E-state index contributed by atoms with van der Waals surface area (Å²) in [5, 5.41) is 5.81. The maximum Gasteiger partial charge on any atom is 0.265 e. The van der Waals surface area contributed by atoms with E-state index in [1.165, 1.54) is 0 Å². The number of hydrogen-bond acceptors (Lipinski definition) is 2. The standard InChI is InChI=1S/C19H15Cl2NO2/c1-12(19(23)22-18-9-7-15(20)11-17(18)21)24-16-8-6-13-4-2-3-5-14(13)10-16/h2-12H,1H3,(H,22,23)/t12-/m0/s1. The molecule has 122 valence electrons. The van der Waals surface area contributed by atoms with E-state index in [1.807, 2.05) is 42.5 Å². The van der Waals surface area contributed by atoms with Gasteiger partial charge in [0.05, 0.1) is 10.7 Å². The van der Waals surface area contributed by atoms with Crippen molar-refractivity contribution in [2.45, 2.75) is 13.0 Å². The van der Waals surface area contributed by atoms with Crippen LogP contribution in [0.15, 0.2) is 60.7 Å². The van der Waals surface area contributed by atoms with E-state index in [2.05, 4.69) is 5.32 Å². The van der Waals surface area contributed by atoms with E-state index < -0.39 is 6.10 Å². The second-order valence-corrected chi connectivity index (χ2v) is 6.23. The van der Waals surface area contributed by atoms with E-state index in [4.69, 9.17) is 27.9 Å². The molecule has 0 spiro atoms. The molecule has 0 heterocycles. The average molecular weight is 360 g/mol. The number of benzene rings is 3. The number of carbonyl (C=O) groups excluding carboxylic acids is 1. The van der Waals surface area contributed by atoms with Crippen molar-refractivity contribution in [1.82, 2.24) is 0 Å². The third-order valence-corrected chi connectivity index (χ3v) is 4.14. The summed E-state index contributed by atoms with van der Waals surface area (Å²) in [5.74, 6) is 0.353. The Morgan fingerprint density at radius 1 is 1.00 bits per heavy atom. The molecule has 3 nitrogen and oxygen atoms in total. The third-order valence-electron chi connectivity index (χ3n) is 3.59. The Bertz CT molecular complexity index is 895. The molecule has 1 atom stereocenters. The van der Waals surface area contributed by atoms with Crippen LogP contribution in [-0.4, -0.2) is 12.0 Å². The van der Waals surface area contributed by atoms with Gasteiger partial charge in [0, 0.05) is 5.02 Å². The quantitative estimate of drug-likeness (QED) is 0.662. The molecule has 0 aromatic heterocycles. The molecule has 0 fully saturated rings. The molecule has 0 bridgehead atoms. The highest BCUT2D eigenvalue weighted by atomic mass is 35.5. The van der Waals surface area contributed by atoms with Gasteiger partial charge in [0.1, 0.15) is 5.75 Å². The zero-order valence-electron chi connectivity index (χ0n) is 12.9. The fourth-order valence-electron chi connectivity index (χ4n) is 2.32. The molecule has 0 radical (unpaired) electrons. The molecule has 1 N–H and O–H groups in total. The van der Waals surface area contributed by atoms with Crippen molar-refractivity contribution >= 4 is 45.6 Å². The number of nitrogens with one attached hydrogen (secondary N) is 1. The number of fused-ring (bicyclic) bond motifs is 1. The maximum absolute atomic E-state index is 12.3. The van der Waals surface area contributed by atoms with Gasteiger partial charge in [-0.25, -0.2) is 0 Å². The number of hydrogen-bond donors (Lipinski definition) is 1. The van der Waals surface area contributed by atoms with Crippen molar-refractivity contribution in [2.24, 2.45) is 0 Å². The molecule has 0 saturated carbocycles. The van der Waals surface area contributed by atoms with Gasteiger partial charge in [0.2, 0.25) is 0 Å². The molecular formula is C19H15Cl2NO2. The monoisotopic (exact) mass is 359 g/mol. The second-order valence-electron chi connectivity index (χ2n) is 5.38. The van der Waals surface area contributed by atoms with Crippen molar-refractivity contribution in [2.75, 3.05) is 5.32 Å². The molecule has 3 aromatic rings. The minimum absolute atomic E-state index is 0.285. The van der Waals surface area contributed by atoms with Crippen molar-refractivity contribution in [3.63, 3.8) is 0 Å². The molecule has 5 heteroatoms. The lowest BCUT2D eigenvalue weighted by Gasteiger charge is -2.16. The van der Waals surface area contributed by atoms with Crippen molar-refractivity contribution in [3.05, 3.63) is 70.7 Å². The van der Waals surface area contributed by atoms with Crippen LogP contribution >= 0.6 is 23.2 Å². The summed E-state index contributed by atoms with van der Waals surface area (Å²) in [7, 11) is 0. The Balaban J connectivity index is 1.70. The number of amides is 1. The second kappa shape index (κ2) is 7.12. The topological polar surface area (TPSA) is 38.3 Å². The van der Waals surface area contributed by atoms with Gasteiger partial charge in [0.15, 0.2) is 6.10 Å². The number of halogens is 2. The van der Waals surface area contributed by atoms with E-state index in [0.717, 1.165) is 10.8 Å². The number of carbonyl (C=O) groups is 1. The van der Waals surface area contributed by atoms with Crippen LogP contribution in [0.3, 0.4) is 0 Å². The van der Waals surface area contributed by atoms with Crippen LogP contribution in [0.5, 0.6) is 5.75 Å². The van der Waals surface area contributed by atoms with Gasteiger partial charge in [0.25, 0.3) is 5.91 Å². The van der Waals surface area contributed by atoms with Gasteiger partial charge in [-0.3, -0.25) is 4.79 Å². The van der Waals surface area contributed by atoms with Crippen LogP contribution in [0.25, 0.3) is 10.8 Å². The predicted octanol–water partition coefficient (Wildman–Crippen LogP) is 5.55. The highest BCUT2D eigenvalue weighted by Crippen LogP contribution is 2.26. The zero-order chi connectivity index (χ0) is 17.1. The zero-order valence-corrected chi connectivity index (χ0v) is 14.4. The Kier molecular flexibility index (Phi) is 4.93. The van der Waals surface area contributed by atoms with Crippen LogP contribution in [0.2, 0.25) is 10.0 Å². The minimum Gasteiger partial charge on any atom is -0.481 e. The summed E-state index contributed by atoms with van der Waals surface area (Å²) in [6.45, 7) is 1.69. The summed E-state index contributed by atoms with van der Waals surface area (Å²) in [5.41, 5.74) is 0.500. The summed E-state index contributed by atoms with van der Waals surface area (Å²) >= 11 is 11.9. The Morgan fingerprint density at radius 2 is 1.75 bits per heavy atom. The highest BCUT2D eigenvalue weighted by molar-refractivity contribution is 6.36. The first-order valence-electron chi connectivity index (χ1n) is 7.44. The van der Waals surface area contributed by atoms with Crippen LogP contribution in [0.4, 0.5) is 5.69 Å². The minimum atomic E-state index is -0.669. The Hall–Kier alpha value is -2.23.